The van der Waals surface area contributed by atoms with E-state index in [0.717, 1.165) is 43.4 Å². The smallest absolute Gasteiger partial charge is 0.267 e. The van der Waals surface area contributed by atoms with E-state index < -0.39 is 0 Å². The SMILES string of the molecule is C=C(OC(=N)c1nc2ccccc2c2ccccc12)c1cccc(-c2nnc(-c3nc4ccccc4c4ccccc34)o2)c1. The van der Waals surface area contributed by atoms with E-state index in [1.807, 2.05) is 109 Å². The third-order valence-electron chi connectivity index (χ3n) is 7.72. The van der Waals surface area contributed by atoms with Crippen molar-refractivity contribution < 1.29 is 9.15 Å². The molecule has 3 heterocycles. The molecule has 0 saturated heterocycles. The minimum atomic E-state index is -0.0864. The van der Waals surface area contributed by atoms with Crippen LogP contribution in [0.25, 0.3) is 72.1 Å². The van der Waals surface area contributed by atoms with Gasteiger partial charge < -0.3 is 9.15 Å². The highest BCUT2D eigenvalue weighted by Crippen LogP contribution is 2.34. The molecule has 3 aromatic heterocycles. The van der Waals surface area contributed by atoms with Gasteiger partial charge in [-0.25, -0.2) is 9.97 Å². The van der Waals surface area contributed by atoms with Crippen molar-refractivity contribution in [3.05, 3.63) is 139 Å². The van der Waals surface area contributed by atoms with Crippen molar-refractivity contribution in [2.75, 3.05) is 0 Å². The molecule has 0 atom stereocenters. The molecule has 8 rings (SSSR count). The van der Waals surface area contributed by atoms with Crippen molar-refractivity contribution in [2.24, 2.45) is 0 Å². The summed E-state index contributed by atoms with van der Waals surface area (Å²) in [6, 6.07) is 39.3. The van der Waals surface area contributed by atoms with Crippen molar-refractivity contribution in [2.45, 2.75) is 0 Å². The average Bonchev–Trinajstić information content (AvgIpc) is 3.58. The summed E-state index contributed by atoms with van der Waals surface area (Å²) in [4.78, 5) is 9.63. The highest BCUT2D eigenvalue weighted by molar-refractivity contribution is 6.14. The molecule has 7 heteroatoms. The van der Waals surface area contributed by atoms with E-state index in [9.17, 15) is 0 Å². The first-order chi connectivity index (χ1) is 21.6. The Morgan fingerprint density at radius 2 is 1.16 bits per heavy atom. The van der Waals surface area contributed by atoms with Crippen LogP contribution in [0.5, 0.6) is 0 Å². The van der Waals surface area contributed by atoms with E-state index in [1.54, 1.807) is 0 Å². The van der Waals surface area contributed by atoms with Gasteiger partial charge in [-0.3, -0.25) is 5.41 Å². The standard InChI is InChI=1S/C37H23N5O2/c1-22(43-35(38)33-29-17-4-2-13-25(29)27-15-6-8-19-31(27)39-33)23-11-10-12-24(21-23)36-41-42-37(44-36)34-30-18-5-3-14-26(30)28-16-7-9-20-32(28)40-34/h2-21,38H,1H2. The number of rotatable bonds is 5. The van der Waals surface area contributed by atoms with E-state index >= 15 is 0 Å². The largest absolute Gasteiger partial charge is 0.437 e. The lowest BCUT2D eigenvalue weighted by Gasteiger charge is -2.13. The molecule has 0 aliphatic carbocycles. The molecule has 0 unspecified atom stereocenters. The molecule has 0 aliphatic rings. The summed E-state index contributed by atoms with van der Waals surface area (Å²) in [6.45, 7) is 4.12. The second-order valence-corrected chi connectivity index (χ2v) is 10.4. The van der Waals surface area contributed by atoms with Gasteiger partial charge in [0.1, 0.15) is 17.1 Å². The van der Waals surface area contributed by atoms with Gasteiger partial charge in [0.2, 0.25) is 11.8 Å². The van der Waals surface area contributed by atoms with Gasteiger partial charge in [-0.05, 0) is 35.0 Å². The second-order valence-electron chi connectivity index (χ2n) is 10.4. The maximum absolute atomic E-state index is 8.81. The Balaban J connectivity index is 1.11. The van der Waals surface area contributed by atoms with Gasteiger partial charge >= 0.3 is 0 Å². The minimum absolute atomic E-state index is 0.0864. The molecular formula is C37H23N5O2. The zero-order valence-corrected chi connectivity index (χ0v) is 23.4. The Bertz CT molecular complexity index is 2430. The fourth-order valence-corrected chi connectivity index (χ4v) is 5.64. The fraction of sp³-hybridized carbons (Fsp3) is 0. The lowest BCUT2D eigenvalue weighted by molar-refractivity contribution is 0.505. The fourth-order valence-electron chi connectivity index (χ4n) is 5.64. The molecule has 0 spiro atoms. The van der Waals surface area contributed by atoms with Crippen LogP contribution < -0.4 is 0 Å². The summed E-state index contributed by atoms with van der Waals surface area (Å²) >= 11 is 0. The topological polar surface area (TPSA) is 97.8 Å². The highest BCUT2D eigenvalue weighted by Gasteiger charge is 2.19. The van der Waals surface area contributed by atoms with Crippen molar-refractivity contribution in [1.29, 1.82) is 5.41 Å². The number of aromatic nitrogens is 4. The number of benzene rings is 5. The number of nitrogens with zero attached hydrogens (tertiary/aromatic N) is 4. The molecule has 0 saturated carbocycles. The van der Waals surface area contributed by atoms with Gasteiger partial charge in [-0.15, -0.1) is 10.2 Å². The molecule has 1 N–H and O–H groups in total. The molecule has 7 nitrogen and oxygen atoms in total. The Hall–Kier alpha value is -6.21. The van der Waals surface area contributed by atoms with E-state index in [1.165, 1.54) is 0 Å². The lowest BCUT2D eigenvalue weighted by atomic mass is 10.0. The predicted octanol–water partition coefficient (Wildman–Crippen LogP) is 8.82. The van der Waals surface area contributed by atoms with Gasteiger partial charge in [0, 0.05) is 32.7 Å². The van der Waals surface area contributed by atoms with Crippen molar-refractivity contribution >= 4 is 55.0 Å². The molecule has 8 aromatic rings. The number of para-hydroxylation sites is 2. The van der Waals surface area contributed by atoms with Crippen LogP contribution in [-0.4, -0.2) is 26.1 Å². The average molecular weight is 570 g/mol. The Labute approximate surface area is 251 Å². The lowest BCUT2D eigenvalue weighted by Crippen LogP contribution is -2.08. The Morgan fingerprint density at radius 3 is 1.89 bits per heavy atom. The maximum Gasteiger partial charge on any atom is 0.267 e. The Morgan fingerprint density at radius 1 is 0.591 bits per heavy atom. The molecule has 0 amide bonds. The van der Waals surface area contributed by atoms with Crippen LogP contribution in [0.15, 0.2) is 132 Å². The minimum Gasteiger partial charge on any atom is -0.437 e. The zero-order valence-electron chi connectivity index (χ0n) is 23.4. The predicted molar refractivity (Wildman–Crippen MR) is 174 cm³/mol. The van der Waals surface area contributed by atoms with Gasteiger partial charge in [0.05, 0.1) is 11.0 Å². The maximum atomic E-state index is 8.81. The first-order valence-corrected chi connectivity index (χ1v) is 14.1. The number of hydrogen-bond acceptors (Lipinski definition) is 7. The summed E-state index contributed by atoms with van der Waals surface area (Å²) in [5.74, 6) is 0.888. The van der Waals surface area contributed by atoms with Gasteiger partial charge in [0.25, 0.3) is 5.89 Å². The molecule has 44 heavy (non-hydrogen) atoms. The first-order valence-electron chi connectivity index (χ1n) is 14.1. The van der Waals surface area contributed by atoms with Crippen LogP contribution in [0.4, 0.5) is 0 Å². The van der Waals surface area contributed by atoms with Crippen molar-refractivity contribution in [3.8, 4) is 23.0 Å². The number of hydrogen-bond donors (Lipinski definition) is 1. The van der Waals surface area contributed by atoms with Crippen LogP contribution >= 0.6 is 0 Å². The summed E-state index contributed by atoms with van der Waals surface area (Å²) in [7, 11) is 0. The summed E-state index contributed by atoms with van der Waals surface area (Å²) < 4.78 is 12.2. The van der Waals surface area contributed by atoms with Crippen LogP contribution in [0.2, 0.25) is 0 Å². The first kappa shape index (κ1) is 25.5. The van der Waals surface area contributed by atoms with E-state index in [0.29, 0.717) is 40.1 Å². The third-order valence-corrected chi connectivity index (χ3v) is 7.72. The highest BCUT2D eigenvalue weighted by atomic mass is 16.5. The van der Waals surface area contributed by atoms with E-state index in [2.05, 4.69) is 28.9 Å². The second kappa shape index (κ2) is 10.3. The summed E-state index contributed by atoms with van der Waals surface area (Å²) in [5.41, 5.74) is 4.10. The normalized spacial score (nSPS) is 11.4. The quantitative estimate of drug-likeness (QED) is 0.0962. The monoisotopic (exact) mass is 569 g/mol. The van der Waals surface area contributed by atoms with Crippen LogP contribution in [-0.2, 0) is 4.74 Å². The van der Waals surface area contributed by atoms with Crippen LogP contribution in [0.3, 0.4) is 0 Å². The zero-order chi connectivity index (χ0) is 29.6. The number of pyridine rings is 2. The molecule has 0 bridgehead atoms. The number of ether oxygens (including phenoxy) is 1. The van der Waals surface area contributed by atoms with Crippen LogP contribution in [0.1, 0.15) is 11.3 Å². The van der Waals surface area contributed by atoms with E-state index in [4.69, 9.17) is 24.5 Å². The molecule has 0 radical (unpaired) electrons. The number of fused-ring (bicyclic) bond motifs is 6. The molecule has 0 aliphatic heterocycles. The van der Waals surface area contributed by atoms with Crippen molar-refractivity contribution in [1.82, 2.24) is 20.2 Å². The summed E-state index contributed by atoms with van der Waals surface area (Å²) in [5, 5.41) is 23.5. The van der Waals surface area contributed by atoms with Gasteiger partial charge in [0.15, 0.2) is 0 Å². The molecule has 208 valence electrons. The van der Waals surface area contributed by atoms with Crippen molar-refractivity contribution in [3.63, 3.8) is 0 Å². The summed E-state index contributed by atoms with van der Waals surface area (Å²) in [6.07, 6.45) is 0. The van der Waals surface area contributed by atoms with Crippen LogP contribution in [0, 0.1) is 5.41 Å². The van der Waals surface area contributed by atoms with Gasteiger partial charge in [-0.2, -0.15) is 0 Å². The molecule has 0 fully saturated rings. The number of nitrogens with one attached hydrogen (secondary N) is 1. The third kappa shape index (κ3) is 4.26. The molecular weight excluding hydrogens is 546 g/mol. The Kier molecular flexibility index (Phi) is 5.94. The molecule has 5 aromatic carbocycles. The van der Waals surface area contributed by atoms with Gasteiger partial charge in [-0.1, -0.05) is 104 Å². The van der Waals surface area contributed by atoms with E-state index in [-0.39, 0.29) is 5.90 Å².